The van der Waals surface area contributed by atoms with Gasteiger partial charge in [0.1, 0.15) is 11.6 Å². The highest BCUT2D eigenvalue weighted by molar-refractivity contribution is 5.59. The molecule has 4 aromatic rings. The number of piperidine rings is 1. The molecule has 0 spiro atoms. The summed E-state index contributed by atoms with van der Waals surface area (Å²) in [5.74, 6) is 1.50. The molecule has 36 heavy (non-hydrogen) atoms. The topological polar surface area (TPSA) is 51.1 Å². The molecular weight excluding hydrogens is 465 g/mol. The minimum absolute atomic E-state index is 0.112. The van der Waals surface area contributed by atoms with Crippen LogP contribution >= 0.6 is 0 Å². The molecule has 1 saturated heterocycles. The lowest BCUT2D eigenvalue weighted by Crippen LogP contribution is -2.31. The molecule has 0 N–H and O–H groups in total. The molecule has 1 aliphatic rings. The zero-order chi connectivity index (χ0) is 25.0. The van der Waals surface area contributed by atoms with Crippen LogP contribution in [0, 0.1) is 0 Å². The predicted octanol–water partition coefficient (Wildman–Crippen LogP) is 7.03. The van der Waals surface area contributed by atoms with Crippen LogP contribution in [0.5, 0.6) is 11.6 Å². The van der Waals surface area contributed by atoms with Gasteiger partial charge in [-0.15, -0.1) is 0 Å². The number of halogens is 3. The van der Waals surface area contributed by atoms with Crippen molar-refractivity contribution in [2.24, 2.45) is 0 Å². The highest BCUT2D eigenvalue weighted by atomic mass is 19.4. The van der Waals surface area contributed by atoms with E-state index in [0.717, 1.165) is 60.8 Å². The number of alkyl halides is 3. The molecule has 0 atom stereocenters. The predicted molar refractivity (Wildman–Crippen MR) is 133 cm³/mol. The summed E-state index contributed by atoms with van der Waals surface area (Å²) in [4.78, 5) is 15.2. The van der Waals surface area contributed by atoms with E-state index in [0.29, 0.717) is 5.75 Å². The summed E-state index contributed by atoms with van der Waals surface area (Å²) in [6.45, 7) is 1.69. The van der Waals surface area contributed by atoms with Crippen LogP contribution in [0.25, 0.3) is 17.3 Å². The molecule has 0 unspecified atom stereocenters. The van der Waals surface area contributed by atoms with Gasteiger partial charge in [-0.2, -0.15) is 13.2 Å². The minimum Gasteiger partial charge on any atom is -0.439 e. The average molecular weight is 489 g/mol. The first-order chi connectivity index (χ1) is 17.4. The molecule has 8 heteroatoms. The fourth-order valence-electron chi connectivity index (χ4n) is 4.04. The molecule has 5 nitrogen and oxygen atoms in total. The highest BCUT2D eigenvalue weighted by Gasteiger charge is 2.30. The Balaban J connectivity index is 1.20. The van der Waals surface area contributed by atoms with E-state index in [4.69, 9.17) is 4.74 Å². The summed E-state index contributed by atoms with van der Waals surface area (Å²) in [7, 11) is 0. The van der Waals surface area contributed by atoms with Gasteiger partial charge in [-0.05, 0) is 36.6 Å². The third-order valence-corrected chi connectivity index (χ3v) is 5.95. The quantitative estimate of drug-likeness (QED) is 0.302. The van der Waals surface area contributed by atoms with Gasteiger partial charge >= 0.3 is 6.18 Å². The summed E-state index contributed by atoms with van der Waals surface area (Å²) < 4.78 is 43.8. The summed E-state index contributed by atoms with van der Waals surface area (Å²) >= 11 is 0. The summed E-state index contributed by atoms with van der Waals surface area (Å²) in [6.07, 6.45) is 3.91. The first-order valence-electron chi connectivity index (χ1n) is 11.6. The smallest absolute Gasteiger partial charge is 0.417 e. The van der Waals surface area contributed by atoms with Crippen LogP contribution in [-0.2, 0) is 6.18 Å². The molecule has 1 fully saturated rings. The molecule has 0 bridgehead atoms. The van der Waals surface area contributed by atoms with Crippen molar-refractivity contribution in [1.29, 1.82) is 0 Å². The van der Waals surface area contributed by atoms with Gasteiger partial charge in [-0.1, -0.05) is 54.1 Å². The normalized spacial score (nSPS) is 14.0. The van der Waals surface area contributed by atoms with Crippen molar-refractivity contribution in [2.75, 3.05) is 18.0 Å². The maximum atomic E-state index is 12.7. The van der Waals surface area contributed by atoms with E-state index in [-0.39, 0.29) is 5.88 Å². The van der Waals surface area contributed by atoms with Crippen LogP contribution in [0.1, 0.15) is 24.0 Å². The van der Waals surface area contributed by atoms with Crippen molar-refractivity contribution in [1.82, 2.24) is 15.0 Å². The van der Waals surface area contributed by atoms with E-state index in [1.807, 2.05) is 60.9 Å². The lowest BCUT2D eigenvalue weighted by atomic mass is 10.0. The van der Waals surface area contributed by atoms with E-state index >= 15 is 0 Å². The number of nitrogens with zero attached hydrogens (tertiary/aromatic N) is 4. The number of aromatic nitrogens is 3. The van der Waals surface area contributed by atoms with Crippen molar-refractivity contribution in [3.8, 4) is 22.9 Å². The second-order valence-corrected chi connectivity index (χ2v) is 8.47. The minimum atomic E-state index is -4.43. The summed E-state index contributed by atoms with van der Waals surface area (Å²) in [5.41, 5.74) is 3.36. The Kier molecular flexibility index (Phi) is 6.66. The van der Waals surface area contributed by atoms with E-state index in [1.165, 1.54) is 11.6 Å². The Hall–Kier alpha value is -4.20. The van der Waals surface area contributed by atoms with Crippen molar-refractivity contribution >= 4 is 11.9 Å². The van der Waals surface area contributed by atoms with Gasteiger partial charge in [-0.25, -0.2) is 9.97 Å². The van der Waals surface area contributed by atoms with Crippen molar-refractivity contribution in [3.05, 3.63) is 102 Å². The largest absolute Gasteiger partial charge is 0.439 e. The van der Waals surface area contributed by atoms with Crippen LogP contribution < -0.4 is 9.64 Å². The van der Waals surface area contributed by atoms with Crippen LogP contribution in [0.15, 0.2) is 90.9 Å². The van der Waals surface area contributed by atoms with Gasteiger partial charge in [-0.3, -0.25) is 4.98 Å². The van der Waals surface area contributed by atoms with Gasteiger partial charge in [0.15, 0.2) is 0 Å². The van der Waals surface area contributed by atoms with E-state index in [2.05, 4.69) is 25.9 Å². The molecule has 0 saturated carbocycles. The Morgan fingerprint density at radius 3 is 2.28 bits per heavy atom. The lowest BCUT2D eigenvalue weighted by Gasteiger charge is -2.29. The standard InChI is InChI=1S/C28H23F3N4O/c29-28(30,31)23-9-10-27(34-17-23)36-24-8-4-5-21(16-24)15-20-11-13-35(14-12-20)26-19-32-25(18-33-26)22-6-2-1-3-7-22/h1-10,15-19H,11-14H2. The van der Waals surface area contributed by atoms with Crippen LogP contribution in [-0.4, -0.2) is 28.0 Å². The third-order valence-electron chi connectivity index (χ3n) is 5.95. The zero-order valence-corrected chi connectivity index (χ0v) is 19.3. The van der Waals surface area contributed by atoms with Crippen molar-refractivity contribution in [2.45, 2.75) is 19.0 Å². The molecule has 182 valence electrons. The molecule has 0 amide bonds. The maximum absolute atomic E-state index is 12.7. The summed E-state index contributed by atoms with van der Waals surface area (Å²) in [6, 6.07) is 19.6. The Morgan fingerprint density at radius 1 is 0.806 bits per heavy atom. The summed E-state index contributed by atoms with van der Waals surface area (Å²) in [5, 5.41) is 0. The number of hydrogen-bond donors (Lipinski definition) is 0. The average Bonchev–Trinajstić information content (AvgIpc) is 2.90. The number of rotatable bonds is 5. The SMILES string of the molecule is FC(F)(F)c1ccc(Oc2cccc(C=C3CCN(c4cnc(-c5ccccc5)cn4)CC3)c2)nc1. The molecule has 3 heterocycles. The number of benzene rings is 2. The van der Waals surface area contributed by atoms with Gasteiger partial charge in [0.2, 0.25) is 5.88 Å². The van der Waals surface area contributed by atoms with E-state index in [9.17, 15) is 13.2 Å². The number of pyridine rings is 1. The Labute approximate surface area is 206 Å². The molecule has 5 rings (SSSR count). The first-order valence-corrected chi connectivity index (χ1v) is 11.6. The van der Waals surface area contributed by atoms with Crippen LogP contribution in [0.4, 0.5) is 19.0 Å². The Morgan fingerprint density at radius 2 is 1.61 bits per heavy atom. The Bertz CT molecular complexity index is 1330. The van der Waals surface area contributed by atoms with Crippen molar-refractivity contribution < 1.29 is 17.9 Å². The second-order valence-electron chi connectivity index (χ2n) is 8.47. The molecule has 0 radical (unpaired) electrons. The van der Waals surface area contributed by atoms with E-state index < -0.39 is 11.7 Å². The lowest BCUT2D eigenvalue weighted by molar-refractivity contribution is -0.137. The van der Waals surface area contributed by atoms with Gasteiger partial charge in [0.05, 0.1) is 23.7 Å². The molecule has 2 aromatic heterocycles. The highest BCUT2D eigenvalue weighted by Crippen LogP contribution is 2.30. The second kappa shape index (κ2) is 10.2. The monoisotopic (exact) mass is 488 g/mol. The fourth-order valence-corrected chi connectivity index (χ4v) is 4.04. The van der Waals surface area contributed by atoms with Crippen LogP contribution in [0.2, 0.25) is 0 Å². The van der Waals surface area contributed by atoms with Gasteiger partial charge in [0, 0.05) is 30.9 Å². The number of hydrogen-bond acceptors (Lipinski definition) is 5. The number of anilines is 1. The third kappa shape index (κ3) is 5.71. The van der Waals surface area contributed by atoms with E-state index in [1.54, 1.807) is 6.07 Å². The van der Waals surface area contributed by atoms with Crippen molar-refractivity contribution in [3.63, 3.8) is 0 Å². The maximum Gasteiger partial charge on any atom is 0.417 e. The molecular formula is C28H23F3N4O. The zero-order valence-electron chi connectivity index (χ0n) is 19.3. The van der Waals surface area contributed by atoms with Gasteiger partial charge in [0.25, 0.3) is 0 Å². The first kappa shape index (κ1) is 23.5. The van der Waals surface area contributed by atoms with Crippen LogP contribution in [0.3, 0.4) is 0 Å². The fraction of sp³-hybridized carbons (Fsp3) is 0.179. The molecule has 2 aromatic carbocycles. The van der Waals surface area contributed by atoms with Gasteiger partial charge < -0.3 is 9.64 Å². The molecule has 1 aliphatic heterocycles. The molecule has 0 aliphatic carbocycles. The number of ether oxygens (including phenoxy) is 1.